The van der Waals surface area contributed by atoms with Crippen LogP contribution in [0.15, 0.2) is 24.3 Å². The molecule has 2 unspecified atom stereocenters. The number of fused-ring (bicyclic) bond motifs is 1. The van der Waals surface area contributed by atoms with Crippen LogP contribution in [0.5, 0.6) is 5.75 Å². The molecule has 1 N–H and O–H groups in total. The SMILES string of the molecule is CNC(CN1CCOc2ccccc2C1=O)C1CCOC1. The van der Waals surface area contributed by atoms with Gasteiger partial charge in [0.25, 0.3) is 5.91 Å². The average molecular weight is 290 g/mol. The fraction of sp³-hybridized carbons (Fsp3) is 0.562. The fourth-order valence-corrected chi connectivity index (χ4v) is 3.06. The Bertz CT molecular complexity index is 500. The highest BCUT2D eigenvalue weighted by Gasteiger charge is 2.30. The largest absolute Gasteiger partial charge is 0.491 e. The van der Waals surface area contributed by atoms with E-state index in [-0.39, 0.29) is 11.9 Å². The molecule has 1 aromatic rings. The Morgan fingerprint density at radius 1 is 1.38 bits per heavy atom. The molecule has 2 aliphatic heterocycles. The third-order valence-corrected chi connectivity index (χ3v) is 4.35. The van der Waals surface area contributed by atoms with Crippen LogP contribution in [0.25, 0.3) is 0 Å². The average Bonchev–Trinajstić information content (AvgIpc) is 2.99. The number of benzene rings is 1. The van der Waals surface area contributed by atoms with E-state index in [0.29, 0.717) is 36.9 Å². The molecular weight excluding hydrogens is 268 g/mol. The first-order valence-corrected chi connectivity index (χ1v) is 7.55. The summed E-state index contributed by atoms with van der Waals surface area (Å²) in [7, 11) is 1.95. The molecule has 1 amide bonds. The van der Waals surface area contributed by atoms with Gasteiger partial charge in [-0.05, 0) is 25.6 Å². The van der Waals surface area contributed by atoms with Crippen molar-refractivity contribution in [2.45, 2.75) is 12.5 Å². The molecule has 1 fully saturated rings. The Labute approximate surface area is 125 Å². The minimum Gasteiger partial charge on any atom is -0.491 e. The van der Waals surface area contributed by atoms with Gasteiger partial charge in [0.05, 0.1) is 18.7 Å². The van der Waals surface area contributed by atoms with E-state index in [1.807, 2.05) is 36.2 Å². The van der Waals surface area contributed by atoms with Crippen molar-refractivity contribution in [2.75, 3.05) is 40.0 Å². The number of hydrogen-bond acceptors (Lipinski definition) is 4. The standard InChI is InChI=1S/C16H22N2O3/c1-17-14(12-6-8-20-11-12)10-18-7-9-21-15-5-3-2-4-13(15)16(18)19/h2-5,12,14,17H,6-11H2,1H3. The van der Waals surface area contributed by atoms with Gasteiger partial charge in [-0.15, -0.1) is 0 Å². The van der Waals surface area contributed by atoms with Crippen LogP contribution in [-0.2, 0) is 4.74 Å². The van der Waals surface area contributed by atoms with Crippen molar-refractivity contribution in [3.8, 4) is 5.75 Å². The molecule has 3 rings (SSSR count). The second kappa shape index (κ2) is 6.45. The van der Waals surface area contributed by atoms with E-state index in [4.69, 9.17) is 9.47 Å². The van der Waals surface area contributed by atoms with Crippen LogP contribution in [0, 0.1) is 5.92 Å². The van der Waals surface area contributed by atoms with Gasteiger partial charge < -0.3 is 19.7 Å². The van der Waals surface area contributed by atoms with Gasteiger partial charge in [-0.1, -0.05) is 12.1 Å². The van der Waals surface area contributed by atoms with Gasteiger partial charge in [-0.2, -0.15) is 0 Å². The molecule has 0 saturated carbocycles. The molecule has 1 saturated heterocycles. The van der Waals surface area contributed by atoms with Crippen LogP contribution in [0.3, 0.4) is 0 Å². The molecule has 0 aromatic heterocycles. The Hall–Kier alpha value is -1.59. The van der Waals surface area contributed by atoms with Gasteiger partial charge in [0.15, 0.2) is 0 Å². The first-order chi connectivity index (χ1) is 10.3. The number of nitrogens with zero attached hydrogens (tertiary/aromatic N) is 1. The highest BCUT2D eigenvalue weighted by molar-refractivity contribution is 5.97. The van der Waals surface area contributed by atoms with Crippen LogP contribution in [0.1, 0.15) is 16.8 Å². The zero-order valence-electron chi connectivity index (χ0n) is 12.4. The van der Waals surface area contributed by atoms with E-state index < -0.39 is 0 Å². The monoisotopic (exact) mass is 290 g/mol. The lowest BCUT2D eigenvalue weighted by molar-refractivity contribution is 0.0719. The molecule has 114 valence electrons. The zero-order valence-corrected chi connectivity index (χ0v) is 12.4. The number of carbonyl (C=O) groups excluding carboxylic acids is 1. The highest BCUT2D eigenvalue weighted by atomic mass is 16.5. The van der Waals surface area contributed by atoms with Crippen LogP contribution < -0.4 is 10.1 Å². The van der Waals surface area contributed by atoms with E-state index >= 15 is 0 Å². The smallest absolute Gasteiger partial charge is 0.257 e. The number of ether oxygens (including phenoxy) is 2. The molecule has 5 heteroatoms. The maximum Gasteiger partial charge on any atom is 0.257 e. The van der Waals surface area contributed by atoms with Crippen LogP contribution in [0.4, 0.5) is 0 Å². The van der Waals surface area contributed by atoms with E-state index in [0.717, 1.165) is 19.6 Å². The van der Waals surface area contributed by atoms with Crippen LogP contribution in [-0.4, -0.2) is 56.8 Å². The molecule has 2 aliphatic rings. The van der Waals surface area contributed by atoms with E-state index in [1.165, 1.54) is 0 Å². The lowest BCUT2D eigenvalue weighted by Crippen LogP contribution is -2.47. The highest BCUT2D eigenvalue weighted by Crippen LogP contribution is 2.24. The van der Waals surface area contributed by atoms with Crippen molar-refractivity contribution in [3.63, 3.8) is 0 Å². The predicted molar refractivity (Wildman–Crippen MR) is 79.6 cm³/mol. The summed E-state index contributed by atoms with van der Waals surface area (Å²) in [4.78, 5) is 14.6. The lowest BCUT2D eigenvalue weighted by Gasteiger charge is -2.29. The quantitative estimate of drug-likeness (QED) is 0.903. The van der Waals surface area contributed by atoms with Crippen molar-refractivity contribution in [1.29, 1.82) is 0 Å². The van der Waals surface area contributed by atoms with Gasteiger partial charge in [0.1, 0.15) is 12.4 Å². The topological polar surface area (TPSA) is 50.8 Å². The fourth-order valence-electron chi connectivity index (χ4n) is 3.06. The molecule has 2 atom stereocenters. The Balaban J connectivity index is 1.74. The maximum absolute atomic E-state index is 12.7. The van der Waals surface area contributed by atoms with Gasteiger partial charge in [-0.25, -0.2) is 0 Å². The molecule has 0 aliphatic carbocycles. The molecule has 1 aromatic carbocycles. The molecular formula is C16H22N2O3. The van der Waals surface area contributed by atoms with E-state index in [9.17, 15) is 4.79 Å². The molecule has 2 heterocycles. The summed E-state index contributed by atoms with van der Waals surface area (Å²) in [6, 6.07) is 7.74. The van der Waals surface area contributed by atoms with Crippen LogP contribution in [0.2, 0.25) is 0 Å². The second-order valence-electron chi connectivity index (χ2n) is 5.61. The van der Waals surface area contributed by atoms with Crippen molar-refractivity contribution >= 4 is 5.91 Å². The Morgan fingerprint density at radius 2 is 2.24 bits per heavy atom. The zero-order chi connectivity index (χ0) is 14.7. The van der Waals surface area contributed by atoms with E-state index in [2.05, 4.69) is 5.32 Å². The minimum absolute atomic E-state index is 0.0577. The van der Waals surface area contributed by atoms with Crippen molar-refractivity contribution < 1.29 is 14.3 Å². The van der Waals surface area contributed by atoms with Gasteiger partial charge >= 0.3 is 0 Å². The third kappa shape index (κ3) is 3.04. The molecule has 0 spiro atoms. The maximum atomic E-state index is 12.7. The van der Waals surface area contributed by atoms with Crippen molar-refractivity contribution in [2.24, 2.45) is 5.92 Å². The summed E-state index contributed by atoms with van der Waals surface area (Å²) in [6.07, 6.45) is 1.06. The summed E-state index contributed by atoms with van der Waals surface area (Å²) < 4.78 is 11.2. The van der Waals surface area contributed by atoms with Gasteiger partial charge in [0, 0.05) is 25.1 Å². The number of para-hydroxylation sites is 1. The van der Waals surface area contributed by atoms with E-state index in [1.54, 1.807) is 0 Å². The third-order valence-electron chi connectivity index (χ3n) is 4.35. The second-order valence-corrected chi connectivity index (χ2v) is 5.61. The number of rotatable bonds is 4. The summed E-state index contributed by atoms with van der Waals surface area (Å²) in [6.45, 7) is 3.46. The van der Waals surface area contributed by atoms with Crippen molar-refractivity contribution in [3.05, 3.63) is 29.8 Å². The number of nitrogens with one attached hydrogen (secondary N) is 1. The van der Waals surface area contributed by atoms with Crippen molar-refractivity contribution in [1.82, 2.24) is 10.2 Å². The Kier molecular flexibility index (Phi) is 4.41. The minimum atomic E-state index is 0.0577. The number of carbonyl (C=O) groups is 1. The summed E-state index contributed by atoms with van der Waals surface area (Å²) in [5.41, 5.74) is 0.660. The molecule has 5 nitrogen and oxygen atoms in total. The Morgan fingerprint density at radius 3 is 3.00 bits per heavy atom. The lowest BCUT2D eigenvalue weighted by atomic mass is 9.98. The first kappa shape index (κ1) is 14.4. The number of amides is 1. The summed E-state index contributed by atoms with van der Waals surface area (Å²) in [5.74, 6) is 1.22. The molecule has 0 bridgehead atoms. The molecule has 21 heavy (non-hydrogen) atoms. The van der Waals surface area contributed by atoms with Crippen LogP contribution >= 0.6 is 0 Å². The predicted octanol–water partition coefficient (Wildman–Crippen LogP) is 1.15. The number of hydrogen-bond donors (Lipinski definition) is 1. The first-order valence-electron chi connectivity index (χ1n) is 7.55. The van der Waals surface area contributed by atoms with Gasteiger partial charge in [0.2, 0.25) is 0 Å². The summed E-state index contributed by atoms with van der Waals surface area (Å²) >= 11 is 0. The summed E-state index contributed by atoms with van der Waals surface area (Å²) in [5, 5.41) is 3.34. The normalized spacial score (nSPS) is 23.4. The number of likely N-dealkylation sites (N-methyl/N-ethyl adjacent to an activating group) is 1. The van der Waals surface area contributed by atoms with Gasteiger partial charge in [-0.3, -0.25) is 4.79 Å². The molecule has 0 radical (unpaired) electrons.